The van der Waals surface area contributed by atoms with Crippen LogP contribution in [-0.2, 0) is 16.1 Å². The number of aromatic nitrogens is 1. The SMILES string of the molecule is Cc1cccc(C)c1NC(=O)CN(C)C(=O)NCc1ccnc(N2CCOCC2)c1. The van der Waals surface area contributed by atoms with Crippen LogP contribution in [0.4, 0.5) is 16.3 Å². The van der Waals surface area contributed by atoms with Crippen LogP contribution in [0.2, 0.25) is 0 Å². The van der Waals surface area contributed by atoms with Gasteiger partial charge in [-0.15, -0.1) is 0 Å². The molecule has 1 saturated heterocycles. The van der Waals surface area contributed by atoms with Crippen molar-refractivity contribution in [3.8, 4) is 0 Å². The third kappa shape index (κ3) is 5.70. The van der Waals surface area contributed by atoms with Gasteiger partial charge in [-0.3, -0.25) is 4.79 Å². The molecule has 2 heterocycles. The number of para-hydroxylation sites is 1. The van der Waals surface area contributed by atoms with Crippen molar-refractivity contribution in [1.82, 2.24) is 15.2 Å². The second kappa shape index (κ2) is 10.1. The molecule has 3 amide bonds. The lowest BCUT2D eigenvalue weighted by Gasteiger charge is -2.28. The molecule has 3 rings (SSSR count). The van der Waals surface area contributed by atoms with Gasteiger partial charge in [0.05, 0.1) is 13.2 Å². The zero-order valence-electron chi connectivity index (χ0n) is 17.8. The van der Waals surface area contributed by atoms with Gasteiger partial charge in [0.15, 0.2) is 0 Å². The van der Waals surface area contributed by atoms with E-state index in [2.05, 4.69) is 20.5 Å². The topological polar surface area (TPSA) is 86.8 Å². The number of nitrogens with zero attached hydrogens (tertiary/aromatic N) is 3. The molecule has 160 valence electrons. The Morgan fingerprint density at radius 2 is 1.87 bits per heavy atom. The standard InChI is InChI=1S/C22H29N5O3/c1-16-5-4-6-17(2)21(16)25-20(28)15-26(3)22(29)24-14-18-7-8-23-19(13-18)27-9-11-30-12-10-27/h4-8,13H,9-12,14-15H2,1-3H3,(H,24,29)(H,25,28). The lowest BCUT2D eigenvalue weighted by Crippen LogP contribution is -2.41. The lowest BCUT2D eigenvalue weighted by atomic mass is 10.1. The van der Waals surface area contributed by atoms with Gasteiger partial charge in [-0.1, -0.05) is 18.2 Å². The van der Waals surface area contributed by atoms with Crippen molar-refractivity contribution in [1.29, 1.82) is 0 Å². The van der Waals surface area contributed by atoms with Gasteiger partial charge in [0.2, 0.25) is 5.91 Å². The summed E-state index contributed by atoms with van der Waals surface area (Å²) in [5.41, 5.74) is 3.73. The number of aryl methyl sites for hydroxylation is 2. The summed E-state index contributed by atoms with van der Waals surface area (Å²) < 4.78 is 5.37. The number of hydrogen-bond donors (Lipinski definition) is 2. The number of hydrogen-bond acceptors (Lipinski definition) is 5. The van der Waals surface area contributed by atoms with Crippen LogP contribution in [0.1, 0.15) is 16.7 Å². The fourth-order valence-electron chi connectivity index (χ4n) is 3.33. The van der Waals surface area contributed by atoms with Crippen LogP contribution in [-0.4, -0.2) is 61.7 Å². The highest BCUT2D eigenvalue weighted by molar-refractivity contribution is 5.95. The third-order valence-electron chi connectivity index (χ3n) is 5.06. The van der Waals surface area contributed by atoms with Crippen LogP contribution in [0.5, 0.6) is 0 Å². The van der Waals surface area contributed by atoms with E-state index in [1.807, 2.05) is 44.2 Å². The third-order valence-corrected chi connectivity index (χ3v) is 5.06. The highest BCUT2D eigenvalue weighted by Crippen LogP contribution is 2.19. The Labute approximate surface area is 177 Å². The molecule has 0 aliphatic carbocycles. The van der Waals surface area contributed by atoms with Crippen LogP contribution >= 0.6 is 0 Å². The Morgan fingerprint density at radius 3 is 2.57 bits per heavy atom. The van der Waals surface area contributed by atoms with Crippen molar-refractivity contribution in [3.05, 3.63) is 53.2 Å². The van der Waals surface area contributed by atoms with Crippen LogP contribution in [0.25, 0.3) is 0 Å². The number of morpholine rings is 1. The molecule has 0 spiro atoms. The van der Waals surface area contributed by atoms with Gasteiger partial charge < -0.3 is 25.2 Å². The maximum atomic E-state index is 12.4. The molecule has 2 N–H and O–H groups in total. The average Bonchev–Trinajstić information content (AvgIpc) is 2.75. The van der Waals surface area contributed by atoms with Crippen LogP contribution in [0.3, 0.4) is 0 Å². The van der Waals surface area contributed by atoms with Crippen LogP contribution < -0.4 is 15.5 Å². The van der Waals surface area contributed by atoms with Gasteiger partial charge in [-0.2, -0.15) is 0 Å². The van der Waals surface area contributed by atoms with Gasteiger partial charge in [-0.05, 0) is 42.7 Å². The summed E-state index contributed by atoms with van der Waals surface area (Å²) in [6.45, 7) is 7.21. The van der Waals surface area contributed by atoms with E-state index < -0.39 is 0 Å². The smallest absolute Gasteiger partial charge is 0.317 e. The number of ether oxygens (including phenoxy) is 1. The Kier molecular flexibility index (Phi) is 7.24. The van der Waals surface area contributed by atoms with Gasteiger partial charge >= 0.3 is 6.03 Å². The summed E-state index contributed by atoms with van der Waals surface area (Å²) in [5.74, 6) is 0.648. The Hall–Kier alpha value is -3.13. The van der Waals surface area contributed by atoms with Crippen molar-refractivity contribution in [2.45, 2.75) is 20.4 Å². The molecule has 0 bridgehead atoms. The summed E-state index contributed by atoms with van der Waals surface area (Å²) in [6, 6.07) is 9.37. The van der Waals surface area contributed by atoms with Crippen molar-refractivity contribution < 1.29 is 14.3 Å². The van der Waals surface area contributed by atoms with E-state index in [9.17, 15) is 9.59 Å². The Balaban J connectivity index is 1.50. The van der Waals surface area contributed by atoms with E-state index in [1.54, 1.807) is 13.2 Å². The van der Waals surface area contributed by atoms with E-state index in [0.717, 1.165) is 41.3 Å². The number of urea groups is 1. The average molecular weight is 412 g/mol. The van der Waals surface area contributed by atoms with Crippen molar-refractivity contribution >= 4 is 23.4 Å². The molecule has 0 saturated carbocycles. The number of carbonyl (C=O) groups is 2. The van der Waals surface area contributed by atoms with E-state index in [-0.39, 0.29) is 18.5 Å². The molecule has 8 heteroatoms. The molecule has 1 aromatic heterocycles. The number of carbonyl (C=O) groups excluding carboxylic acids is 2. The van der Waals surface area contributed by atoms with Crippen LogP contribution in [0, 0.1) is 13.8 Å². The second-order valence-electron chi connectivity index (χ2n) is 7.45. The first-order valence-corrected chi connectivity index (χ1v) is 10.1. The number of rotatable bonds is 6. The summed E-state index contributed by atoms with van der Waals surface area (Å²) in [5, 5.41) is 5.75. The van der Waals surface area contributed by atoms with E-state index in [1.165, 1.54) is 4.90 Å². The lowest BCUT2D eigenvalue weighted by molar-refractivity contribution is -0.116. The summed E-state index contributed by atoms with van der Waals surface area (Å²) in [4.78, 5) is 32.7. The van der Waals surface area contributed by atoms with Crippen molar-refractivity contribution in [2.75, 3.05) is 50.1 Å². The second-order valence-corrected chi connectivity index (χ2v) is 7.45. The minimum absolute atomic E-state index is 0.0328. The largest absolute Gasteiger partial charge is 0.378 e. The summed E-state index contributed by atoms with van der Waals surface area (Å²) in [7, 11) is 1.60. The highest BCUT2D eigenvalue weighted by Gasteiger charge is 2.15. The minimum Gasteiger partial charge on any atom is -0.378 e. The maximum Gasteiger partial charge on any atom is 0.317 e. The molecule has 30 heavy (non-hydrogen) atoms. The number of anilines is 2. The molecule has 8 nitrogen and oxygen atoms in total. The molecule has 2 aromatic rings. The highest BCUT2D eigenvalue weighted by atomic mass is 16.5. The monoisotopic (exact) mass is 411 g/mol. The van der Waals surface area contributed by atoms with Crippen molar-refractivity contribution in [2.24, 2.45) is 0 Å². The van der Waals surface area contributed by atoms with Gasteiger partial charge in [-0.25, -0.2) is 9.78 Å². The number of likely N-dealkylation sites (N-methyl/N-ethyl adjacent to an activating group) is 1. The maximum absolute atomic E-state index is 12.4. The first kappa shape index (κ1) is 21.6. The fourth-order valence-corrected chi connectivity index (χ4v) is 3.33. The van der Waals surface area contributed by atoms with Gasteiger partial charge in [0.1, 0.15) is 12.4 Å². The number of nitrogens with one attached hydrogen (secondary N) is 2. The molecular formula is C22H29N5O3. The molecule has 1 aromatic carbocycles. The molecule has 0 radical (unpaired) electrons. The van der Waals surface area contributed by atoms with E-state index in [4.69, 9.17) is 4.74 Å². The molecule has 1 fully saturated rings. The van der Waals surface area contributed by atoms with Crippen LogP contribution in [0.15, 0.2) is 36.5 Å². The zero-order valence-corrected chi connectivity index (χ0v) is 17.8. The summed E-state index contributed by atoms with van der Waals surface area (Å²) in [6.07, 6.45) is 1.74. The molecule has 1 aliphatic heterocycles. The molecule has 1 aliphatic rings. The predicted octanol–water partition coefficient (Wildman–Crippen LogP) is 2.32. The number of amides is 3. The summed E-state index contributed by atoms with van der Waals surface area (Å²) >= 11 is 0. The number of benzene rings is 1. The van der Waals surface area contributed by atoms with E-state index in [0.29, 0.717) is 19.8 Å². The molecule has 0 atom stereocenters. The fraction of sp³-hybridized carbons (Fsp3) is 0.409. The quantitative estimate of drug-likeness (QED) is 0.762. The minimum atomic E-state index is -0.309. The molecule has 0 unspecified atom stereocenters. The number of pyridine rings is 1. The van der Waals surface area contributed by atoms with Gasteiger partial charge in [0, 0.05) is 38.6 Å². The Morgan fingerprint density at radius 1 is 1.17 bits per heavy atom. The zero-order chi connectivity index (χ0) is 21.5. The normalized spacial score (nSPS) is 13.6. The van der Waals surface area contributed by atoms with E-state index >= 15 is 0 Å². The first-order valence-electron chi connectivity index (χ1n) is 10.1. The van der Waals surface area contributed by atoms with Crippen molar-refractivity contribution in [3.63, 3.8) is 0 Å². The molecular weight excluding hydrogens is 382 g/mol. The predicted molar refractivity (Wildman–Crippen MR) is 117 cm³/mol. The van der Waals surface area contributed by atoms with Gasteiger partial charge in [0.25, 0.3) is 0 Å². The Bertz CT molecular complexity index is 876. The first-order chi connectivity index (χ1) is 14.4.